The Labute approximate surface area is 136 Å². The highest BCUT2D eigenvalue weighted by molar-refractivity contribution is 8.23. The van der Waals surface area contributed by atoms with Crippen LogP contribution < -0.4 is 5.32 Å². The van der Waals surface area contributed by atoms with Crippen molar-refractivity contribution in [1.29, 1.82) is 0 Å². The molecular weight excluding hydrogens is 300 g/mol. The van der Waals surface area contributed by atoms with Crippen molar-refractivity contribution >= 4 is 39.9 Å². The lowest BCUT2D eigenvalue weighted by molar-refractivity contribution is -0.115. The second kappa shape index (κ2) is 7.27. The molecule has 0 spiro atoms. The summed E-state index contributed by atoms with van der Waals surface area (Å²) in [6.45, 7) is 7.99. The lowest BCUT2D eigenvalue weighted by Gasteiger charge is -2.20. The molecule has 1 N–H and O–H groups in total. The minimum absolute atomic E-state index is 0.00949. The summed E-state index contributed by atoms with van der Waals surface area (Å²) < 4.78 is 0.844. The number of thiocarbonyl (C=S) groups is 1. The van der Waals surface area contributed by atoms with Gasteiger partial charge >= 0.3 is 0 Å². The van der Waals surface area contributed by atoms with E-state index in [4.69, 9.17) is 12.2 Å². The summed E-state index contributed by atoms with van der Waals surface area (Å²) in [5, 5.41) is 2.83. The zero-order chi connectivity index (χ0) is 15.4. The predicted molar refractivity (Wildman–Crippen MR) is 95.0 cm³/mol. The van der Waals surface area contributed by atoms with Crippen molar-refractivity contribution in [2.45, 2.75) is 38.9 Å². The fraction of sp³-hybridized carbons (Fsp3) is 0.500. The van der Waals surface area contributed by atoms with Gasteiger partial charge in [0.15, 0.2) is 0 Å². The molecule has 5 heteroatoms. The highest BCUT2D eigenvalue weighted by atomic mass is 32.2. The van der Waals surface area contributed by atoms with Crippen molar-refractivity contribution in [3.63, 3.8) is 0 Å². The van der Waals surface area contributed by atoms with E-state index in [0.717, 1.165) is 34.2 Å². The van der Waals surface area contributed by atoms with E-state index in [9.17, 15) is 4.79 Å². The van der Waals surface area contributed by atoms with Crippen LogP contribution in [0, 0.1) is 13.8 Å². The topological polar surface area (TPSA) is 32.3 Å². The maximum absolute atomic E-state index is 12.3. The fourth-order valence-electron chi connectivity index (χ4n) is 2.28. The summed E-state index contributed by atoms with van der Waals surface area (Å²) in [5.74, 6) is 0.00949. The van der Waals surface area contributed by atoms with Gasteiger partial charge in [0.05, 0.1) is 5.25 Å². The Hall–Kier alpha value is -1.07. The van der Waals surface area contributed by atoms with Gasteiger partial charge in [0, 0.05) is 18.8 Å². The van der Waals surface area contributed by atoms with Crippen molar-refractivity contribution in [1.82, 2.24) is 4.90 Å². The second-order valence-corrected chi connectivity index (χ2v) is 7.50. The Morgan fingerprint density at radius 1 is 1.33 bits per heavy atom. The summed E-state index contributed by atoms with van der Waals surface area (Å²) in [5.41, 5.74) is 3.11. The van der Waals surface area contributed by atoms with Crippen LogP contribution in [0.2, 0.25) is 0 Å². The molecule has 21 heavy (non-hydrogen) atoms. The number of nitrogens with one attached hydrogen (secondary N) is 1. The first-order valence-electron chi connectivity index (χ1n) is 7.31. The lowest BCUT2D eigenvalue weighted by Crippen LogP contribution is -2.29. The van der Waals surface area contributed by atoms with Crippen molar-refractivity contribution in [2.24, 2.45) is 0 Å². The SMILES string of the molecule is Cc1ccc(C)c(NC(=O)C(C)SC(=S)N2CCCC2)c1. The van der Waals surface area contributed by atoms with E-state index in [1.807, 2.05) is 39.0 Å². The molecule has 0 bridgehead atoms. The Morgan fingerprint density at radius 3 is 2.67 bits per heavy atom. The third-order valence-corrected chi connectivity index (χ3v) is 5.24. The van der Waals surface area contributed by atoms with Crippen LogP contribution in [0.15, 0.2) is 18.2 Å². The average molecular weight is 322 g/mol. The summed E-state index contributed by atoms with van der Waals surface area (Å²) >= 11 is 6.91. The van der Waals surface area contributed by atoms with E-state index in [1.54, 1.807) is 0 Å². The summed E-state index contributed by atoms with van der Waals surface area (Å²) in [4.78, 5) is 14.5. The van der Waals surface area contributed by atoms with Crippen molar-refractivity contribution < 1.29 is 4.79 Å². The molecule has 1 aromatic rings. The third kappa shape index (κ3) is 4.45. The quantitative estimate of drug-likeness (QED) is 0.859. The molecule has 0 aliphatic carbocycles. The van der Waals surface area contributed by atoms with Crippen LogP contribution in [-0.4, -0.2) is 33.5 Å². The van der Waals surface area contributed by atoms with Gasteiger partial charge in [0.2, 0.25) is 5.91 Å². The number of nitrogens with zero attached hydrogens (tertiary/aromatic N) is 1. The number of likely N-dealkylation sites (tertiary alicyclic amines) is 1. The van der Waals surface area contributed by atoms with Gasteiger partial charge < -0.3 is 10.2 Å². The number of anilines is 1. The van der Waals surface area contributed by atoms with E-state index in [1.165, 1.54) is 24.6 Å². The highest BCUT2D eigenvalue weighted by Gasteiger charge is 2.21. The van der Waals surface area contributed by atoms with Crippen molar-refractivity contribution in [3.8, 4) is 0 Å². The van der Waals surface area contributed by atoms with Crippen LogP contribution in [0.25, 0.3) is 0 Å². The Balaban J connectivity index is 1.93. The fourth-order valence-corrected chi connectivity index (χ4v) is 3.70. The number of carbonyl (C=O) groups is 1. The molecule has 1 saturated heterocycles. The second-order valence-electron chi connectivity index (χ2n) is 5.53. The average Bonchev–Trinajstić information content (AvgIpc) is 2.97. The molecule has 1 aromatic carbocycles. The number of aryl methyl sites for hydroxylation is 2. The maximum atomic E-state index is 12.3. The number of thioether (sulfide) groups is 1. The summed E-state index contributed by atoms with van der Waals surface area (Å²) in [6.07, 6.45) is 2.40. The van der Waals surface area contributed by atoms with E-state index in [-0.39, 0.29) is 11.2 Å². The number of rotatable bonds is 3. The number of hydrogen-bond acceptors (Lipinski definition) is 3. The molecule has 1 atom stereocenters. The van der Waals surface area contributed by atoms with Crippen LogP contribution in [0.5, 0.6) is 0 Å². The van der Waals surface area contributed by atoms with E-state index >= 15 is 0 Å². The first-order chi connectivity index (χ1) is 9.97. The van der Waals surface area contributed by atoms with Crippen LogP contribution in [-0.2, 0) is 4.79 Å². The van der Waals surface area contributed by atoms with E-state index < -0.39 is 0 Å². The van der Waals surface area contributed by atoms with Gasteiger partial charge in [-0.1, -0.05) is 36.1 Å². The molecule has 0 aromatic heterocycles. The summed E-state index contributed by atoms with van der Waals surface area (Å²) in [7, 11) is 0. The van der Waals surface area contributed by atoms with Crippen LogP contribution in [0.4, 0.5) is 5.69 Å². The largest absolute Gasteiger partial charge is 0.358 e. The number of amides is 1. The minimum atomic E-state index is -0.182. The normalized spacial score (nSPS) is 15.9. The maximum Gasteiger partial charge on any atom is 0.237 e. The minimum Gasteiger partial charge on any atom is -0.358 e. The molecule has 114 valence electrons. The molecule has 1 amide bonds. The number of carbonyl (C=O) groups excluding carboxylic acids is 1. The first kappa shape index (κ1) is 16.3. The zero-order valence-corrected chi connectivity index (χ0v) is 14.4. The molecule has 0 radical (unpaired) electrons. The Morgan fingerprint density at radius 2 is 2.00 bits per heavy atom. The number of benzene rings is 1. The molecule has 1 heterocycles. The van der Waals surface area contributed by atoms with Crippen LogP contribution >= 0.6 is 24.0 Å². The van der Waals surface area contributed by atoms with Gasteiger partial charge in [-0.2, -0.15) is 0 Å². The van der Waals surface area contributed by atoms with Gasteiger partial charge in [-0.05, 0) is 50.8 Å². The molecule has 1 unspecified atom stereocenters. The molecule has 1 aliphatic heterocycles. The molecule has 1 fully saturated rings. The van der Waals surface area contributed by atoms with Gasteiger partial charge in [-0.3, -0.25) is 4.79 Å². The van der Waals surface area contributed by atoms with Crippen LogP contribution in [0.3, 0.4) is 0 Å². The van der Waals surface area contributed by atoms with Gasteiger partial charge in [0.25, 0.3) is 0 Å². The van der Waals surface area contributed by atoms with E-state index in [2.05, 4.69) is 10.2 Å². The van der Waals surface area contributed by atoms with Gasteiger partial charge in [-0.15, -0.1) is 0 Å². The number of hydrogen-bond donors (Lipinski definition) is 1. The smallest absolute Gasteiger partial charge is 0.237 e. The van der Waals surface area contributed by atoms with Gasteiger partial charge in [-0.25, -0.2) is 0 Å². The lowest BCUT2D eigenvalue weighted by atomic mass is 10.1. The van der Waals surface area contributed by atoms with E-state index in [0.29, 0.717) is 0 Å². The zero-order valence-electron chi connectivity index (χ0n) is 12.8. The monoisotopic (exact) mass is 322 g/mol. The molecule has 2 rings (SSSR count). The molecule has 0 saturated carbocycles. The highest BCUT2D eigenvalue weighted by Crippen LogP contribution is 2.22. The summed E-state index contributed by atoms with van der Waals surface area (Å²) in [6, 6.07) is 6.08. The van der Waals surface area contributed by atoms with Crippen LogP contribution in [0.1, 0.15) is 30.9 Å². The Kier molecular flexibility index (Phi) is 5.65. The standard InChI is InChI=1S/C16H22N2OS2/c1-11-6-7-12(2)14(10-11)17-15(19)13(3)21-16(20)18-8-4-5-9-18/h6-7,10,13H,4-5,8-9H2,1-3H3,(H,17,19). The van der Waals surface area contributed by atoms with Crippen molar-refractivity contribution in [3.05, 3.63) is 29.3 Å². The third-order valence-electron chi connectivity index (χ3n) is 3.66. The predicted octanol–water partition coefficient (Wildman–Crippen LogP) is 3.74. The first-order valence-corrected chi connectivity index (χ1v) is 8.60. The van der Waals surface area contributed by atoms with Gasteiger partial charge in [0.1, 0.15) is 4.32 Å². The Bertz CT molecular complexity index is 539. The molecule has 3 nitrogen and oxygen atoms in total. The molecule has 1 aliphatic rings. The molecular formula is C16H22N2OS2. The van der Waals surface area contributed by atoms with Crippen molar-refractivity contribution in [2.75, 3.05) is 18.4 Å².